The van der Waals surface area contributed by atoms with Gasteiger partial charge < -0.3 is 24.0 Å². The molecule has 47 heavy (non-hydrogen) atoms. The van der Waals surface area contributed by atoms with Gasteiger partial charge in [0.15, 0.2) is 12.2 Å². The van der Waals surface area contributed by atoms with Crippen LogP contribution >= 0.6 is 0 Å². The van der Waals surface area contributed by atoms with Crippen LogP contribution < -0.4 is 0 Å². The summed E-state index contributed by atoms with van der Waals surface area (Å²) < 4.78 is 18.1. The van der Waals surface area contributed by atoms with Crippen LogP contribution in [0.5, 0.6) is 0 Å². The second-order valence-electron chi connectivity index (χ2n) is 14.8. The first kappa shape index (κ1) is 42.3. The van der Waals surface area contributed by atoms with Crippen molar-refractivity contribution in [1.29, 1.82) is 0 Å². The molecule has 0 aromatic rings. The molecule has 5 unspecified atom stereocenters. The van der Waals surface area contributed by atoms with Crippen LogP contribution in [0.25, 0.3) is 0 Å². The van der Waals surface area contributed by atoms with Gasteiger partial charge >= 0.3 is 17.9 Å². The summed E-state index contributed by atoms with van der Waals surface area (Å²) >= 11 is 0. The van der Waals surface area contributed by atoms with E-state index in [-0.39, 0.29) is 30.2 Å². The Labute approximate surface area is 284 Å². The predicted octanol–water partition coefficient (Wildman–Crippen LogP) is 4.80. The van der Waals surface area contributed by atoms with Crippen molar-refractivity contribution in [3.63, 3.8) is 0 Å². The van der Waals surface area contributed by atoms with Crippen molar-refractivity contribution in [1.82, 2.24) is 14.7 Å². The topological polar surface area (TPSA) is 123 Å². The molecule has 0 N–H and O–H groups in total. The average molecular weight is 668 g/mol. The highest BCUT2D eigenvalue weighted by Gasteiger charge is 2.44. The van der Waals surface area contributed by atoms with E-state index in [9.17, 15) is 24.0 Å². The van der Waals surface area contributed by atoms with Gasteiger partial charge in [-0.05, 0) is 42.6 Å². The minimum absolute atomic E-state index is 0.111. The third kappa shape index (κ3) is 10.6. The number of esters is 3. The van der Waals surface area contributed by atoms with Crippen LogP contribution in [0.4, 0.5) is 0 Å². The Kier molecular flexibility index (Phi) is 16.9. The fourth-order valence-corrected chi connectivity index (χ4v) is 6.07. The number of ether oxygens (including phenoxy) is 3. The summed E-state index contributed by atoms with van der Waals surface area (Å²) in [6.07, 6.45) is -1.17. The van der Waals surface area contributed by atoms with E-state index in [1.54, 1.807) is 41.8 Å². The number of hydrogen-bond acceptors (Lipinski definition) is 9. The Balaban J connectivity index is 3.95. The predicted molar refractivity (Wildman–Crippen MR) is 182 cm³/mol. The van der Waals surface area contributed by atoms with E-state index in [1.165, 1.54) is 16.8 Å². The molecule has 11 heteroatoms. The molecule has 1 rings (SSSR count). The highest BCUT2D eigenvalue weighted by molar-refractivity contribution is 5.92. The van der Waals surface area contributed by atoms with Crippen LogP contribution in [0.15, 0.2) is 0 Å². The largest absolute Gasteiger partial charge is 0.459 e. The van der Waals surface area contributed by atoms with Crippen LogP contribution in [0.1, 0.15) is 102 Å². The summed E-state index contributed by atoms with van der Waals surface area (Å²) in [6.45, 7) is 22.7. The Morgan fingerprint density at radius 2 is 0.851 bits per heavy atom. The summed E-state index contributed by atoms with van der Waals surface area (Å²) in [7, 11) is 4.85. The van der Waals surface area contributed by atoms with E-state index in [0.29, 0.717) is 19.3 Å². The maximum absolute atomic E-state index is 14.1. The van der Waals surface area contributed by atoms with Gasteiger partial charge in [-0.15, -0.1) is 0 Å². The third-order valence-electron chi connectivity index (χ3n) is 9.94. The SMILES string of the molecule is CCC(C)C1C(=O)O[C@H](C(C)C)C(=O)N(C)C([C@H](C)CC)C(=O)O[C@H](C(C)C)CN(C)C([C@H](C)CC)C(=O)OC(C(C)C)C(=O)N1C. The van der Waals surface area contributed by atoms with Crippen molar-refractivity contribution in [3.8, 4) is 0 Å². The lowest BCUT2D eigenvalue weighted by atomic mass is 9.94. The number of carbonyl (C=O) groups is 5. The lowest BCUT2D eigenvalue weighted by molar-refractivity contribution is -0.179. The molecule has 1 aliphatic rings. The molecule has 272 valence electrons. The Hall–Kier alpha value is -2.69. The van der Waals surface area contributed by atoms with Crippen molar-refractivity contribution >= 4 is 29.7 Å². The molecule has 0 spiro atoms. The van der Waals surface area contributed by atoms with E-state index in [2.05, 4.69) is 0 Å². The van der Waals surface area contributed by atoms with Crippen LogP contribution in [-0.4, -0.2) is 109 Å². The van der Waals surface area contributed by atoms with Crippen molar-refractivity contribution in [2.24, 2.45) is 35.5 Å². The van der Waals surface area contributed by atoms with Crippen LogP contribution in [0.3, 0.4) is 0 Å². The van der Waals surface area contributed by atoms with Crippen molar-refractivity contribution in [3.05, 3.63) is 0 Å². The second kappa shape index (κ2) is 18.7. The number of cyclic esters (lactones) is 3. The monoisotopic (exact) mass is 667 g/mol. The summed E-state index contributed by atoms with van der Waals surface area (Å²) in [5.41, 5.74) is 0. The summed E-state index contributed by atoms with van der Waals surface area (Å²) in [6, 6.07) is -2.70. The molecule has 1 saturated heterocycles. The van der Waals surface area contributed by atoms with Gasteiger partial charge in [-0.2, -0.15) is 0 Å². The van der Waals surface area contributed by atoms with E-state index < -0.39 is 78.0 Å². The van der Waals surface area contributed by atoms with Gasteiger partial charge in [0.2, 0.25) is 0 Å². The van der Waals surface area contributed by atoms with E-state index in [1.807, 2.05) is 60.3 Å². The Morgan fingerprint density at radius 1 is 0.532 bits per heavy atom. The number of likely N-dealkylation sites (N-methyl/N-ethyl adjacent to an activating group) is 3. The maximum Gasteiger partial charge on any atom is 0.329 e. The zero-order valence-electron chi connectivity index (χ0n) is 31.9. The Morgan fingerprint density at radius 3 is 1.17 bits per heavy atom. The smallest absolute Gasteiger partial charge is 0.329 e. The number of rotatable bonds is 9. The summed E-state index contributed by atoms with van der Waals surface area (Å²) in [5, 5.41) is 0. The normalized spacial score (nSPS) is 28.9. The maximum atomic E-state index is 14.1. The number of hydrogen-bond donors (Lipinski definition) is 0. The zero-order valence-corrected chi connectivity index (χ0v) is 31.9. The van der Waals surface area contributed by atoms with Crippen molar-refractivity contribution < 1.29 is 38.2 Å². The van der Waals surface area contributed by atoms with Crippen LogP contribution in [0, 0.1) is 35.5 Å². The zero-order chi connectivity index (χ0) is 36.5. The fraction of sp³-hybridized carbons (Fsp3) is 0.861. The van der Waals surface area contributed by atoms with Gasteiger partial charge in [-0.25, -0.2) is 9.59 Å². The van der Waals surface area contributed by atoms with Crippen LogP contribution in [-0.2, 0) is 38.2 Å². The quantitative estimate of drug-likeness (QED) is 0.252. The lowest BCUT2D eigenvalue weighted by Gasteiger charge is -2.39. The molecule has 0 aromatic carbocycles. The number of carbonyl (C=O) groups excluding carboxylic acids is 5. The van der Waals surface area contributed by atoms with Gasteiger partial charge in [0, 0.05) is 20.6 Å². The highest BCUT2D eigenvalue weighted by Crippen LogP contribution is 2.26. The van der Waals surface area contributed by atoms with Crippen molar-refractivity contribution in [2.45, 2.75) is 139 Å². The third-order valence-corrected chi connectivity index (χ3v) is 9.94. The molecule has 0 saturated carbocycles. The standard InChI is InChI=1S/C36H65N3O8/c1-16-23(10)27-34(42)46-30(21(6)7)32(40)39(15)29(25(12)18-3)36(44)47-31(22(8)9)33(41)38(14)28(24(11)17-2)35(43)45-26(20(4)5)19-37(27)13/h20-31H,16-19H2,1-15H3/t23-,24-,25?,26+,27?,28?,29?,30?,31-/m1/s1. The van der Waals surface area contributed by atoms with E-state index >= 15 is 0 Å². The molecule has 1 heterocycles. The molecule has 0 bridgehead atoms. The van der Waals surface area contributed by atoms with Gasteiger partial charge in [0.1, 0.15) is 24.2 Å². The first-order chi connectivity index (χ1) is 21.8. The first-order valence-corrected chi connectivity index (χ1v) is 17.6. The molecular weight excluding hydrogens is 602 g/mol. The summed E-state index contributed by atoms with van der Waals surface area (Å²) in [4.78, 5) is 74.5. The molecule has 2 amide bonds. The first-order valence-electron chi connectivity index (χ1n) is 17.6. The molecular formula is C36H65N3O8. The molecule has 1 fully saturated rings. The molecule has 1 aliphatic heterocycles. The highest BCUT2D eigenvalue weighted by atomic mass is 16.6. The minimum Gasteiger partial charge on any atom is -0.459 e. The Bertz CT molecular complexity index is 1060. The van der Waals surface area contributed by atoms with Gasteiger partial charge in [-0.1, -0.05) is 102 Å². The van der Waals surface area contributed by atoms with Gasteiger partial charge in [0.25, 0.3) is 11.8 Å². The van der Waals surface area contributed by atoms with Gasteiger partial charge in [-0.3, -0.25) is 19.3 Å². The van der Waals surface area contributed by atoms with E-state index in [4.69, 9.17) is 14.2 Å². The fourth-order valence-electron chi connectivity index (χ4n) is 6.07. The molecule has 11 nitrogen and oxygen atoms in total. The van der Waals surface area contributed by atoms with E-state index in [0.717, 1.165) is 0 Å². The lowest BCUT2D eigenvalue weighted by Crippen LogP contribution is -2.57. The minimum atomic E-state index is -1.21. The van der Waals surface area contributed by atoms with Gasteiger partial charge in [0.05, 0.1) is 0 Å². The van der Waals surface area contributed by atoms with Crippen LogP contribution in [0.2, 0.25) is 0 Å². The number of nitrogens with zero attached hydrogens (tertiary/aromatic N) is 3. The van der Waals surface area contributed by atoms with Crippen molar-refractivity contribution in [2.75, 3.05) is 27.7 Å². The average Bonchev–Trinajstić information content (AvgIpc) is 3.00. The molecule has 0 aliphatic carbocycles. The summed E-state index contributed by atoms with van der Waals surface area (Å²) in [5.74, 6) is -4.54. The molecule has 0 radical (unpaired) electrons. The number of amides is 2. The second-order valence-corrected chi connectivity index (χ2v) is 14.8. The molecule has 0 aromatic heterocycles. The molecule has 9 atom stereocenters.